The number of halogens is 1. The molecule has 0 saturated heterocycles. The number of aromatic amines is 1. The molecule has 0 unspecified atom stereocenters. The molecule has 2 aromatic heterocycles. The molecule has 100 valence electrons. The Morgan fingerprint density at radius 2 is 2.20 bits per heavy atom. The Labute approximate surface area is 123 Å². The summed E-state index contributed by atoms with van der Waals surface area (Å²) in [6.07, 6.45) is 3.36. The molecule has 5 nitrogen and oxygen atoms in total. The van der Waals surface area contributed by atoms with Crippen LogP contribution in [0.25, 0.3) is 22.3 Å². The summed E-state index contributed by atoms with van der Waals surface area (Å²) in [4.78, 5) is 23.0. The molecule has 3 rings (SSSR count). The van der Waals surface area contributed by atoms with Gasteiger partial charge in [-0.1, -0.05) is 28.1 Å². The molecule has 3 aromatic rings. The van der Waals surface area contributed by atoms with E-state index in [1.807, 2.05) is 36.5 Å². The summed E-state index contributed by atoms with van der Waals surface area (Å²) in [5.74, 6) is -0.0865. The van der Waals surface area contributed by atoms with E-state index in [2.05, 4.69) is 36.2 Å². The first-order valence-electron chi connectivity index (χ1n) is 6.02. The van der Waals surface area contributed by atoms with Crippen molar-refractivity contribution in [1.82, 2.24) is 15.0 Å². The van der Waals surface area contributed by atoms with Crippen LogP contribution < -0.4 is 5.32 Å². The van der Waals surface area contributed by atoms with Crippen LogP contribution in [0, 0.1) is 0 Å². The Morgan fingerprint density at radius 3 is 3.05 bits per heavy atom. The van der Waals surface area contributed by atoms with Gasteiger partial charge in [0.05, 0.1) is 11.0 Å². The Balaban J connectivity index is 2.04. The van der Waals surface area contributed by atoms with Crippen LogP contribution in [-0.4, -0.2) is 26.2 Å². The maximum atomic E-state index is 11.4. The maximum absolute atomic E-state index is 11.4. The first kappa shape index (κ1) is 12.8. The number of anilines is 1. The topological polar surface area (TPSA) is 70.7 Å². The molecule has 0 aliphatic heterocycles. The summed E-state index contributed by atoms with van der Waals surface area (Å²) >= 11 is 3.13. The zero-order valence-electron chi connectivity index (χ0n) is 10.4. The highest BCUT2D eigenvalue weighted by molar-refractivity contribution is 9.09. The van der Waals surface area contributed by atoms with Gasteiger partial charge in [0, 0.05) is 22.8 Å². The molecule has 1 amide bonds. The molecular formula is C14H11BrN4O. The quantitative estimate of drug-likeness (QED) is 0.725. The molecule has 2 heterocycles. The number of alkyl halides is 1. The second-order valence-electron chi connectivity index (χ2n) is 4.22. The lowest BCUT2D eigenvalue weighted by molar-refractivity contribution is -0.113. The number of H-pyrrole nitrogens is 1. The van der Waals surface area contributed by atoms with E-state index < -0.39 is 0 Å². The lowest BCUT2D eigenvalue weighted by Crippen LogP contribution is -2.12. The number of aromatic nitrogens is 3. The van der Waals surface area contributed by atoms with Gasteiger partial charge in [-0.05, 0) is 18.2 Å². The fraction of sp³-hybridized carbons (Fsp3) is 0.0714. The van der Waals surface area contributed by atoms with E-state index >= 15 is 0 Å². The summed E-state index contributed by atoms with van der Waals surface area (Å²) in [5, 5.41) is 4.03. The van der Waals surface area contributed by atoms with Gasteiger partial charge >= 0.3 is 0 Å². The number of nitrogens with zero attached hydrogens (tertiary/aromatic N) is 2. The van der Waals surface area contributed by atoms with Gasteiger partial charge in [-0.25, -0.2) is 9.97 Å². The van der Waals surface area contributed by atoms with E-state index in [1.165, 1.54) is 6.33 Å². The third kappa shape index (κ3) is 2.42. The van der Waals surface area contributed by atoms with Crippen molar-refractivity contribution in [3.8, 4) is 11.3 Å². The third-order valence-electron chi connectivity index (χ3n) is 2.90. The number of hydrogen-bond acceptors (Lipinski definition) is 3. The van der Waals surface area contributed by atoms with Gasteiger partial charge in [-0.2, -0.15) is 0 Å². The van der Waals surface area contributed by atoms with Gasteiger partial charge in [0.15, 0.2) is 0 Å². The Kier molecular flexibility index (Phi) is 3.47. The monoisotopic (exact) mass is 330 g/mol. The number of carbonyl (C=O) groups is 1. The molecule has 20 heavy (non-hydrogen) atoms. The van der Waals surface area contributed by atoms with Crippen LogP contribution in [0.4, 0.5) is 5.69 Å². The second-order valence-corrected chi connectivity index (χ2v) is 4.79. The zero-order valence-corrected chi connectivity index (χ0v) is 12.0. The molecule has 1 aromatic carbocycles. The second kappa shape index (κ2) is 5.42. The molecule has 6 heteroatoms. The summed E-state index contributed by atoms with van der Waals surface area (Å²) in [7, 11) is 0. The summed E-state index contributed by atoms with van der Waals surface area (Å²) in [6.45, 7) is 0. The Hall–Kier alpha value is -2.21. The molecule has 0 bridgehead atoms. The van der Waals surface area contributed by atoms with Crippen molar-refractivity contribution in [2.45, 2.75) is 0 Å². The van der Waals surface area contributed by atoms with Crippen LogP contribution in [0.5, 0.6) is 0 Å². The smallest absolute Gasteiger partial charge is 0.235 e. The summed E-state index contributed by atoms with van der Waals surface area (Å²) in [5.41, 5.74) is 3.31. The van der Waals surface area contributed by atoms with Gasteiger partial charge in [-0.15, -0.1) is 0 Å². The largest absolute Gasteiger partial charge is 0.346 e. The number of carbonyl (C=O) groups excluding carboxylic acids is 1. The molecule has 0 saturated carbocycles. The number of fused-ring (bicyclic) bond motifs is 1. The highest BCUT2D eigenvalue weighted by Gasteiger charge is 2.08. The van der Waals surface area contributed by atoms with Gasteiger partial charge in [0.1, 0.15) is 12.0 Å². The minimum Gasteiger partial charge on any atom is -0.346 e. The van der Waals surface area contributed by atoms with Crippen LogP contribution in [-0.2, 0) is 4.79 Å². The van der Waals surface area contributed by atoms with Gasteiger partial charge < -0.3 is 10.3 Å². The fourth-order valence-electron chi connectivity index (χ4n) is 2.04. The lowest BCUT2D eigenvalue weighted by Gasteiger charge is -2.06. The van der Waals surface area contributed by atoms with E-state index in [4.69, 9.17) is 0 Å². The molecular weight excluding hydrogens is 320 g/mol. The predicted molar refractivity (Wildman–Crippen MR) is 81.7 cm³/mol. The van der Waals surface area contributed by atoms with Crippen LogP contribution in [0.15, 0.2) is 42.9 Å². The van der Waals surface area contributed by atoms with E-state index in [0.717, 1.165) is 28.0 Å². The average Bonchev–Trinajstić information content (AvgIpc) is 2.95. The molecule has 0 fully saturated rings. The van der Waals surface area contributed by atoms with Crippen molar-refractivity contribution in [2.75, 3.05) is 10.6 Å². The van der Waals surface area contributed by atoms with Crippen LogP contribution >= 0.6 is 15.9 Å². The van der Waals surface area contributed by atoms with E-state index in [1.54, 1.807) is 0 Å². The van der Waals surface area contributed by atoms with Crippen molar-refractivity contribution < 1.29 is 4.79 Å². The third-order valence-corrected chi connectivity index (χ3v) is 3.40. The summed E-state index contributed by atoms with van der Waals surface area (Å²) < 4.78 is 0. The highest BCUT2D eigenvalue weighted by Crippen LogP contribution is 2.26. The van der Waals surface area contributed by atoms with Crippen LogP contribution in [0.2, 0.25) is 0 Å². The lowest BCUT2D eigenvalue weighted by atomic mass is 10.1. The molecule has 0 radical (unpaired) electrons. The number of amides is 1. The standard InChI is InChI=1S/C14H11BrN4O/c15-7-12(20)19-10-3-1-2-9(6-10)13-11-4-5-16-14(11)18-8-17-13/h1-6,8H,7H2,(H,19,20)(H,16,17,18). The number of nitrogens with one attached hydrogen (secondary N) is 2. The molecule has 0 spiro atoms. The molecule has 0 aliphatic carbocycles. The number of hydrogen-bond donors (Lipinski definition) is 2. The van der Waals surface area contributed by atoms with Crippen molar-refractivity contribution in [3.63, 3.8) is 0 Å². The van der Waals surface area contributed by atoms with E-state index in [0.29, 0.717) is 0 Å². The first-order chi connectivity index (χ1) is 9.78. The van der Waals surface area contributed by atoms with Gasteiger partial charge in [-0.3, -0.25) is 4.79 Å². The first-order valence-corrected chi connectivity index (χ1v) is 7.14. The Bertz CT molecular complexity index is 768. The summed E-state index contributed by atoms with van der Waals surface area (Å²) in [6, 6.07) is 9.53. The Morgan fingerprint density at radius 1 is 1.30 bits per heavy atom. The SMILES string of the molecule is O=C(CBr)Nc1cccc(-c2ncnc3[nH]ccc23)c1. The predicted octanol–water partition coefficient (Wildman–Crippen LogP) is 2.96. The number of benzene rings is 1. The van der Waals surface area contributed by atoms with Crippen molar-refractivity contribution >= 4 is 38.6 Å². The minimum atomic E-state index is -0.0865. The van der Waals surface area contributed by atoms with E-state index in [-0.39, 0.29) is 11.2 Å². The van der Waals surface area contributed by atoms with Crippen molar-refractivity contribution in [1.29, 1.82) is 0 Å². The van der Waals surface area contributed by atoms with E-state index in [9.17, 15) is 4.79 Å². The van der Waals surface area contributed by atoms with Gasteiger partial charge in [0.2, 0.25) is 5.91 Å². The molecule has 0 aliphatic rings. The maximum Gasteiger partial charge on any atom is 0.235 e. The number of rotatable bonds is 3. The molecule has 0 atom stereocenters. The fourth-order valence-corrected chi connectivity index (χ4v) is 2.18. The zero-order chi connectivity index (χ0) is 13.9. The van der Waals surface area contributed by atoms with Crippen LogP contribution in [0.1, 0.15) is 0 Å². The average molecular weight is 331 g/mol. The normalized spacial score (nSPS) is 10.7. The van der Waals surface area contributed by atoms with Crippen LogP contribution in [0.3, 0.4) is 0 Å². The minimum absolute atomic E-state index is 0.0865. The van der Waals surface area contributed by atoms with Crippen molar-refractivity contribution in [2.24, 2.45) is 0 Å². The van der Waals surface area contributed by atoms with Crippen molar-refractivity contribution in [3.05, 3.63) is 42.9 Å². The van der Waals surface area contributed by atoms with Gasteiger partial charge in [0.25, 0.3) is 0 Å². The highest BCUT2D eigenvalue weighted by atomic mass is 79.9. The molecule has 2 N–H and O–H groups in total.